The molecule has 1 N–H and O–H groups in total. The number of nitro groups is 1. The lowest BCUT2D eigenvalue weighted by Crippen LogP contribution is -2.48. The van der Waals surface area contributed by atoms with Crippen molar-refractivity contribution in [2.45, 2.75) is 0 Å². The van der Waals surface area contributed by atoms with Crippen LogP contribution in [0.3, 0.4) is 0 Å². The quantitative estimate of drug-likeness (QED) is 0.495. The second-order valence-corrected chi connectivity index (χ2v) is 5.38. The standard InChI is InChI=1S/C15H17N3O8/c1-25-5-4-16(8-15(21)22)13(19)7-17-11-6-10(18(23)24)2-3-12(11)26-9-14(17)20/h2-3,6H,4-5,7-9H2,1H3,(H,21,22). The molecule has 0 aromatic heterocycles. The SMILES string of the molecule is COCCN(CC(=O)O)C(=O)CN1C(=O)COc2ccc([N+](=O)[O-])cc21. The van der Waals surface area contributed by atoms with Crippen LogP contribution in [0.4, 0.5) is 11.4 Å². The molecule has 2 rings (SSSR count). The topological polar surface area (TPSA) is 140 Å². The number of nitro benzene ring substituents is 1. The van der Waals surface area contributed by atoms with E-state index in [1.54, 1.807) is 0 Å². The van der Waals surface area contributed by atoms with Crippen LogP contribution in [0.25, 0.3) is 0 Å². The average Bonchev–Trinajstić information content (AvgIpc) is 2.60. The van der Waals surface area contributed by atoms with Crippen molar-refractivity contribution >= 4 is 29.2 Å². The number of ether oxygens (including phenoxy) is 2. The Labute approximate surface area is 147 Å². The molecule has 11 nitrogen and oxygen atoms in total. The molecule has 0 spiro atoms. The molecule has 1 aliphatic rings. The lowest BCUT2D eigenvalue weighted by molar-refractivity contribution is -0.384. The van der Waals surface area contributed by atoms with Crippen molar-refractivity contribution in [3.05, 3.63) is 28.3 Å². The van der Waals surface area contributed by atoms with Crippen molar-refractivity contribution in [3.63, 3.8) is 0 Å². The lowest BCUT2D eigenvalue weighted by Gasteiger charge is -2.30. The Balaban J connectivity index is 2.25. The first-order valence-electron chi connectivity index (χ1n) is 7.53. The summed E-state index contributed by atoms with van der Waals surface area (Å²) in [5.41, 5.74) is -0.174. The van der Waals surface area contributed by atoms with E-state index < -0.39 is 35.8 Å². The van der Waals surface area contributed by atoms with Gasteiger partial charge in [-0.3, -0.25) is 29.4 Å². The van der Waals surface area contributed by atoms with E-state index in [4.69, 9.17) is 14.6 Å². The number of rotatable bonds is 8. The highest BCUT2D eigenvalue weighted by Gasteiger charge is 2.30. The fraction of sp³-hybridized carbons (Fsp3) is 0.400. The maximum Gasteiger partial charge on any atom is 0.323 e. The molecule has 0 bridgehead atoms. The number of carboxylic acids is 1. The monoisotopic (exact) mass is 367 g/mol. The Morgan fingerprint density at radius 3 is 2.81 bits per heavy atom. The number of aliphatic carboxylic acids is 1. The van der Waals surface area contributed by atoms with E-state index in [1.165, 1.54) is 19.2 Å². The number of carbonyl (C=O) groups excluding carboxylic acids is 2. The lowest BCUT2D eigenvalue weighted by atomic mass is 10.2. The zero-order chi connectivity index (χ0) is 19.3. The maximum absolute atomic E-state index is 12.5. The summed E-state index contributed by atoms with van der Waals surface area (Å²) in [7, 11) is 1.41. The van der Waals surface area contributed by atoms with Gasteiger partial charge < -0.3 is 19.5 Å². The largest absolute Gasteiger partial charge is 0.482 e. The van der Waals surface area contributed by atoms with Crippen molar-refractivity contribution in [2.24, 2.45) is 0 Å². The molecule has 0 atom stereocenters. The van der Waals surface area contributed by atoms with Crippen LogP contribution in [0, 0.1) is 10.1 Å². The molecule has 2 amide bonds. The molecule has 0 fully saturated rings. The van der Waals surface area contributed by atoms with Gasteiger partial charge in [0.2, 0.25) is 5.91 Å². The van der Waals surface area contributed by atoms with Crippen molar-refractivity contribution in [2.75, 3.05) is 44.9 Å². The third kappa shape index (κ3) is 4.45. The number of hydrogen-bond donors (Lipinski definition) is 1. The van der Waals surface area contributed by atoms with Gasteiger partial charge in [0.05, 0.1) is 17.2 Å². The van der Waals surface area contributed by atoms with Gasteiger partial charge in [-0.2, -0.15) is 0 Å². The van der Waals surface area contributed by atoms with Gasteiger partial charge in [-0.15, -0.1) is 0 Å². The smallest absolute Gasteiger partial charge is 0.323 e. The Bertz CT molecular complexity index is 736. The number of nitrogens with zero attached hydrogens (tertiary/aromatic N) is 3. The van der Waals surface area contributed by atoms with Gasteiger partial charge in [0, 0.05) is 25.8 Å². The Morgan fingerprint density at radius 1 is 1.46 bits per heavy atom. The normalized spacial score (nSPS) is 13.0. The molecule has 1 aromatic carbocycles. The number of anilines is 1. The molecule has 0 aliphatic carbocycles. The highest BCUT2D eigenvalue weighted by molar-refractivity contribution is 6.02. The third-order valence-electron chi connectivity index (χ3n) is 3.63. The Hall–Kier alpha value is -3.21. The minimum Gasteiger partial charge on any atom is -0.482 e. The molecule has 11 heteroatoms. The number of amides is 2. The summed E-state index contributed by atoms with van der Waals surface area (Å²) >= 11 is 0. The summed E-state index contributed by atoms with van der Waals surface area (Å²) in [5, 5.41) is 19.9. The number of benzene rings is 1. The molecule has 1 aromatic rings. The van der Waals surface area contributed by atoms with Gasteiger partial charge in [-0.25, -0.2) is 0 Å². The number of fused-ring (bicyclic) bond motifs is 1. The summed E-state index contributed by atoms with van der Waals surface area (Å²) in [6.45, 7) is -1.19. The van der Waals surface area contributed by atoms with Crippen LogP contribution < -0.4 is 9.64 Å². The first kappa shape index (κ1) is 19.1. The van der Waals surface area contributed by atoms with Gasteiger partial charge in [-0.05, 0) is 6.07 Å². The van der Waals surface area contributed by atoms with Crippen LogP contribution in [-0.4, -0.2) is 72.7 Å². The minimum absolute atomic E-state index is 0.0297. The molecule has 1 heterocycles. The maximum atomic E-state index is 12.5. The summed E-state index contributed by atoms with van der Waals surface area (Å²) in [6, 6.07) is 3.71. The van der Waals surface area contributed by atoms with Crippen LogP contribution >= 0.6 is 0 Å². The molecule has 140 valence electrons. The van der Waals surface area contributed by atoms with E-state index in [0.29, 0.717) is 0 Å². The third-order valence-corrected chi connectivity index (χ3v) is 3.63. The Kier molecular flexibility index (Phi) is 6.07. The summed E-state index contributed by atoms with van der Waals surface area (Å²) in [6.07, 6.45) is 0. The van der Waals surface area contributed by atoms with E-state index in [-0.39, 0.29) is 36.9 Å². The number of carbonyl (C=O) groups is 3. The van der Waals surface area contributed by atoms with Gasteiger partial charge in [0.1, 0.15) is 18.8 Å². The van der Waals surface area contributed by atoms with E-state index in [2.05, 4.69) is 0 Å². The minimum atomic E-state index is -1.21. The second-order valence-electron chi connectivity index (χ2n) is 5.38. The summed E-state index contributed by atoms with van der Waals surface area (Å²) in [5.74, 6) is -2.17. The highest BCUT2D eigenvalue weighted by atomic mass is 16.6. The second kappa shape index (κ2) is 8.25. The number of hydrogen-bond acceptors (Lipinski definition) is 7. The average molecular weight is 367 g/mol. The molecule has 0 radical (unpaired) electrons. The van der Waals surface area contributed by atoms with Crippen molar-refractivity contribution < 1.29 is 33.9 Å². The Morgan fingerprint density at radius 2 is 2.19 bits per heavy atom. The van der Waals surface area contributed by atoms with E-state index in [0.717, 1.165) is 15.9 Å². The molecule has 0 saturated carbocycles. The van der Waals surface area contributed by atoms with Crippen LogP contribution in [0.1, 0.15) is 0 Å². The predicted molar refractivity (Wildman–Crippen MR) is 87.0 cm³/mol. The van der Waals surface area contributed by atoms with Crippen molar-refractivity contribution in [1.29, 1.82) is 0 Å². The van der Waals surface area contributed by atoms with Gasteiger partial charge in [0.25, 0.3) is 11.6 Å². The summed E-state index contributed by atoms with van der Waals surface area (Å²) < 4.78 is 10.1. The number of non-ortho nitro benzene ring substituents is 1. The first-order chi connectivity index (χ1) is 12.3. The van der Waals surface area contributed by atoms with Gasteiger partial charge >= 0.3 is 5.97 Å². The van der Waals surface area contributed by atoms with Gasteiger partial charge in [-0.1, -0.05) is 0 Å². The van der Waals surface area contributed by atoms with Crippen molar-refractivity contribution in [1.82, 2.24) is 4.90 Å². The van der Waals surface area contributed by atoms with Crippen LogP contribution in [0.15, 0.2) is 18.2 Å². The van der Waals surface area contributed by atoms with Crippen LogP contribution in [-0.2, 0) is 19.1 Å². The zero-order valence-electron chi connectivity index (χ0n) is 13.9. The molecule has 0 unspecified atom stereocenters. The van der Waals surface area contributed by atoms with E-state index >= 15 is 0 Å². The first-order valence-corrected chi connectivity index (χ1v) is 7.53. The van der Waals surface area contributed by atoms with Crippen molar-refractivity contribution in [3.8, 4) is 5.75 Å². The number of methoxy groups -OCH3 is 1. The van der Waals surface area contributed by atoms with Gasteiger partial charge in [0.15, 0.2) is 6.61 Å². The summed E-state index contributed by atoms with van der Waals surface area (Å²) in [4.78, 5) is 48.0. The predicted octanol–water partition coefficient (Wildman–Crippen LogP) is -0.120. The van der Waals surface area contributed by atoms with Crippen LogP contribution in [0.5, 0.6) is 5.75 Å². The highest BCUT2D eigenvalue weighted by Crippen LogP contribution is 2.35. The van der Waals surface area contributed by atoms with E-state index in [9.17, 15) is 24.5 Å². The van der Waals surface area contributed by atoms with Crippen LogP contribution in [0.2, 0.25) is 0 Å². The van der Waals surface area contributed by atoms with E-state index in [1.807, 2.05) is 0 Å². The fourth-order valence-electron chi connectivity index (χ4n) is 2.37. The molecular weight excluding hydrogens is 350 g/mol. The zero-order valence-corrected chi connectivity index (χ0v) is 13.9. The molecule has 0 saturated heterocycles. The molecule has 26 heavy (non-hydrogen) atoms. The molecule has 1 aliphatic heterocycles. The fourth-order valence-corrected chi connectivity index (χ4v) is 2.37. The molecular formula is C15H17N3O8. The number of carboxylic acid groups (broad SMARTS) is 1.